The van der Waals surface area contributed by atoms with Gasteiger partial charge >= 0.3 is 5.97 Å². The molecule has 130 valence electrons. The first kappa shape index (κ1) is 18.3. The minimum absolute atomic E-state index is 0.0689. The number of carbonyl (C=O) groups is 3. The van der Waals surface area contributed by atoms with Crippen molar-refractivity contribution < 1.29 is 19.1 Å². The molecule has 0 aliphatic carbocycles. The highest BCUT2D eigenvalue weighted by atomic mass is 32.2. The van der Waals surface area contributed by atoms with Crippen LogP contribution < -0.4 is 10.6 Å². The number of aryl methyl sites for hydroxylation is 2. The summed E-state index contributed by atoms with van der Waals surface area (Å²) in [4.78, 5) is 36.0. The zero-order valence-corrected chi connectivity index (χ0v) is 14.9. The number of hydrogen-bond acceptors (Lipinski definition) is 5. The van der Waals surface area contributed by atoms with Crippen LogP contribution in [-0.2, 0) is 19.1 Å². The number of amides is 2. The second-order valence-corrected chi connectivity index (χ2v) is 6.94. The molecule has 1 aliphatic heterocycles. The Morgan fingerprint density at radius 1 is 1.38 bits per heavy atom. The Morgan fingerprint density at radius 2 is 2.12 bits per heavy atom. The van der Waals surface area contributed by atoms with Crippen molar-refractivity contribution in [3.8, 4) is 0 Å². The van der Waals surface area contributed by atoms with Crippen molar-refractivity contribution in [3.63, 3.8) is 0 Å². The second kappa shape index (κ2) is 8.19. The van der Waals surface area contributed by atoms with Crippen LogP contribution in [0, 0.1) is 13.8 Å². The topological polar surface area (TPSA) is 84.5 Å². The molecule has 2 atom stereocenters. The first-order chi connectivity index (χ1) is 11.4. The molecule has 2 amide bonds. The summed E-state index contributed by atoms with van der Waals surface area (Å²) in [6.45, 7) is 5.86. The maximum Gasteiger partial charge on any atom is 0.329 e. The van der Waals surface area contributed by atoms with Gasteiger partial charge in [-0.3, -0.25) is 9.59 Å². The second-order valence-electron chi connectivity index (χ2n) is 5.71. The largest absolute Gasteiger partial charge is 0.464 e. The van der Waals surface area contributed by atoms with E-state index in [4.69, 9.17) is 4.74 Å². The third kappa shape index (κ3) is 4.74. The molecule has 1 aromatic carbocycles. The summed E-state index contributed by atoms with van der Waals surface area (Å²) >= 11 is 1.31. The molecule has 0 spiro atoms. The molecule has 1 saturated heterocycles. The lowest BCUT2D eigenvalue weighted by atomic mass is 10.1. The number of rotatable bonds is 5. The van der Waals surface area contributed by atoms with Gasteiger partial charge in [-0.15, -0.1) is 11.8 Å². The van der Waals surface area contributed by atoms with Crippen molar-refractivity contribution in [2.24, 2.45) is 0 Å². The van der Waals surface area contributed by atoms with Gasteiger partial charge in [0.2, 0.25) is 11.8 Å². The molecule has 1 aromatic rings. The standard InChI is InChI=1S/C17H22N2O4S/c1-4-23-17(22)13-9-24-14(16(21)19-13)8-15(20)18-12-7-10(2)5-6-11(12)3/h5-7,13-14H,4,8-9H2,1-3H3,(H,18,20)(H,19,21)/t13-,14+/m0/s1. The molecule has 2 N–H and O–H groups in total. The molecular formula is C17H22N2O4S. The van der Waals surface area contributed by atoms with E-state index in [1.807, 2.05) is 32.0 Å². The van der Waals surface area contributed by atoms with Gasteiger partial charge in [-0.05, 0) is 38.0 Å². The summed E-state index contributed by atoms with van der Waals surface area (Å²) in [5.74, 6) is -0.547. The highest BCUT2D eigenvalue weighted by molar-refractivity contribution is 8.00. The fourth-order valence-electron chi connectivity index (χ4n) is 2.36. The van der Waals surface area contributed by atoms with Crippen molar-refractivity contribution in [3.05, 3.63) is 29.3 Å². The van der Waals surface area contributed by atoms with E-state index in [2.05, 4.69) is 10.6 Å². The van der Waals surface area contributed by atoms with Gasteiger partial charge in [-0.1, -0.05) is 12.1 Å². The normalized spacial score (nSPS) is 20.2. The smallest absolute Gasteiger partial charge is 0.329 e. The van der Waals surface area contributed by atoms with Crippen LogP contribution in [0.15, 0.2) is 18.2 Å². The predicted octanol–water partition coefficient (Wildman–Crippen LogP) is 1.80. The Balaban J connectivity index is 1.90. The van der Waals surface area contributed by atoms with Gasteiger partial charge in [0.15, 0.2) is 0 Å². The van der Waals surface area contributed by atoms with E-state index in [1.165, 1.54) is 11.8 Å². The van der Waals surface area contributed by atoms with Gasteiger partial charge < -0.3 is 15.4 Å². The van der Waals surface area contributed by atoms with Crippen LogP contribution >= 0.6 is 11.8 Å². The van der Waals surface area contributed by atoms with E-state index in [1.54, 1.807) is 6.92 Å². The third-order valence-electron chi connectivity index (χ3n) is 3.68. The van der Waals surface area contributed by atoms with Crippen LogP contribution in [0.1, 0.15) is 24.5 Å². The number of carbonyl (C=O) groups excluding carboxylic acids is 3. The number of nitrogens with one attached hydrogen (secondary N) is 2. The first-order valence-electron chi connectivity index (χ1n) is 7.86. The molecular weight excluding hydrogens is 328 g/mol. The molecule has 6 nitrogen and oxygen atoms in total. The van der Waals surface area contributed by atoms with E-state index in [9.17, 15) is 14.4 Å². The third-order valence-corrected chi connectivity index (χ3v) is 4.99. The maximum atomic E-state index is 12.2. The zero-order valence-electron chi connectivity index (χ0n) is 14.0. The molecule has 24 heavy (non-hydrogen) atoms. The molecule has 7 heteroatoms. The quantitative estimate of drug-likeness (QED) is 0.791. The highest BCUT2D eigenvalue weighted by Crippen LogP contribution is 2.23. The maximum absolute atomic E-state index is 12.2. The van der Waals surface area contributed by atoms with Gasteiger partial charge in [0.05, 0.1) is 11.9 Å². The van der Waals surface area contributed by atoms with Crippen molar-refractivity contribution in [1.29, 1.82) is 0 Å². The number of esters is 1. The monoisotopic (exact) mass is 350 g/mol. The summed E-state index contributed by atoms with van der Waals surface area (Å²) in [7, 11) is 0. The molecule has 1 fully saturated rings. The Morgan fingerprint density at radius 3 is 2.79 bits per heavy atom. The SMILES string of the molecule is CCOC(=O)[C@@H]1CS[C@H](CC(=O)Nc2cc(C)ccc2C)C(=O)N1. The Hall–Kier alpha value is -2.02. The van der Waals surface area contributed by atoms with Crippen molar-refractivity contribution in [1.82, 2.24) is 5.32 Å². The molecule has 0 unspecified atom stereocenters. The summed E-state index contributed by atoms with van der Waals surface area (Å²) in [5.41, 5.74) is 2.78. The fraction of sp³-hybridized carbons (Fsp3) is 0.471. The van der Waals surface area contributed by atoms with Crippen LogP contribution in [0.4, 0.5) is 5.69 Å². The van der Waals surface area contributed by atoms with Crippen LogP contribution in [0.2, 0.25) is 0 Å². The summed E-state index contributed by atoms with van der Waals surface area (Å²) in [5, 5.41) is 4.98. The molecule has 1 heterocycles. The van der Waals surface area contributed by atoms with Gasteiger partial charge in [0.1, 0.15) is 6.04 Å². The van der Waals surface area contributed by atoms with Gasteiger partial charge in [0.25, 0.3) is 0 Å². The van der Waals surface area contributed by atoms with Crippen molar-refractivity contribution >= 4 is 35.2 Å². The van der Waals surface area contributed by atoms with Crippen molar-refractivity contribution in [2.75, 3.05) is 17.7 Å². The van der Waals surface area contributed by atoms with Crippen LogP contribution in [0.5, 0.6) is 0 Å². The summed E-state index contributed by atoms with van der Waals surface area (Å²) < 4.78 is 4.90. The van der Waals surface area contributed by atoms with Gasteiger partial charge in [0, 0.05) is 17.9 Å². The van der Waals surface area contributed by atoms with E-state index in [0.717, 1.165) is 16.8 Å². The zero-order chi connectivity index (χ0) is 17.7. The van der Waals surface area contributed by atoms with Crippen LogP contribution in [0.25, 0.3) is 0 Å². The highest BCUT2D eigenvalue weighted by Gasteiger charge is 2.34. The molecule has 0 radical (unpaired) electrons. The molecule has 0 saturated carbocycles. The van der Waals surface area contributed by atoms with Crippen LogP contribution in [-0.4, -0.2) is 41.4 Å². The minimum atomic E-state index is -0.638. The van der Waals surface area contributed by atoms with Gasteiger partial charge in [-0.25, -0.2) is 4.79 Å². The van der Waals surface area contributed by atoms with E-state index >= 15 is 0 Å². The average molecular weight is 350 g/mol. The number of ether oxygens (including phenoxy) is 1. The van der Waals surface area contributed by atoms with Crippen LogP contribution in [0.3, 0.4) is 0 Å². The van der Waals surface area contributed by atoms with E-state index in [-0.39, 0.29) is 24.8 Å². The molecule has 0 bridgehead atoms. The fourth-order valence-corrected chi connectivity index (χ4v) is 3.49. The lowest BCUT2D eigenvalue weighted by molar-refractivity contribution is -0.146. The molecule has 2 rings (SSSR count). The van der Waals surface area contributed by atoms with E-state index in [0.29, 0.717) is 5.75 Å². The lowest BCUT2D eigenvalue weighted by Crippen LogP contribution is -2.51. The number of benzene rings is 1. The molecule has 0 aromatic heterocycles. The molecule has 1 aliphatic rings. The summed E-state index contributed by atoms with van der Waals surface area (Å²) in [6.07, 6.45) is 0.0689. The summed E-state index contributed by atoms with van der Waals surface area (Å²) in [6, 6.07) is 5.18. The lowest BCUT2D eigenvalue weighted by Gasteiger charge is -2.27. The van der Waals surface area contributed by atoms with Crippen molar-refractivity contribution in [2.45, 2.75) is 38.5 Å². The number of hydrogen-bond donors (Lipinski definition) is 2. The Bertz CT molecular complexity index is 647. The Labute approximate surface area is 145 Å². The first-order valence-corrected chi connectivity index (χ1v) is 8.91. The number of anilines is 1. The Kier molecular flexibility index (Phi) is 6.25. The minimum Gasteiger partial charge on any atom is -0.464 e. The number of thioether (sulfide) groups is 1. The average Bonchev–Trinajstić information content (AvgIpc) is 2.53. The predicted molar refractivity (Wildman–Crippen MR) is 94.0 cm³/mol. The van der Waals surface area contributed by atoms with E-state index < -0.39 is 17.3 Å². The van der Waals surface area contributed by atoms with Gasteiger partial charge in [-0.2, -0.15) is 0 Å².